The lowest BCUT2D eigenvalue weighted by Gasteiger charge is -2.15. The molecule has 0 aliphatic carbocycles. The zero-order valence-electron chi connectivity index (χ0n) is 15.7. The molecule has 0 atom stereocenters. The second-order valence-corrected chi connectivity index (χ2v) is 6.76. The van der Waals surface area contributed by atoms with Gasteiger partial charge in [0.2, 0.25) is 5.91 Å². The third-order valence-corrected chi connectivity index (χ3v) is 4.85. The summed E-state index contributed by atoms with van der Waals surface area (Å²) in [5.74, 6) is 0.953. The normalized spacial score (nSPS) is 13.7. The molecule has 0 aromatic heterocycles. The molecule has 2 aromatic rings. The van der Waals surface area contributed by atoms with E-state index in [2.05, 4.69) is 17.4 Å². The largest absolute Gasteiger partial charge is 0.497 e. The van der Waals surface area contributed by atoms with E-state index < -0.39 is 0 Å². The number of anilines is 1. The van der Waals surface area contributed by atoms with Crippen LogP contribution in [0.1, 0.15) is 41.6 Å². The minimum Gasteiger partial charge on any atom is -0.497 e. The minimum atomic E-state index is -0.0706. The van der Waals surface area contributed by atoms with Crippen LogP contribution in [0.4, 0.5) is 5.69 Å². The first-order chi connectivity index (χ1) is 13.2. The number of nitrogens with one attached hydrogen (secondary N) is 1. The van der Waals surface area contributed by atoms with Gasteiger partial charge in [0.05, 0.1) is 7.11 Å². The van der Waals surface area contributed by atoms with E-state index in [9.17, 15) is 9.59 Å². The van der Waals surface area contributed by atoms with Gasteiger partial charge in [-0.15, -0.1) is 0 Å². The monoisotopic (exact) mass is 366 g/mol. The quantitative estimate of drug-likeness (QED) is 0.727. The molecule has 0 saturated carbocycles. The molecule has 0 radical (unpaired) electrons. The number of hydrogen-bond acceptors (Lipinski definition) is 3. The van der Waals surface area contributed by atoms with Crippen LogP contribution < -0.4 is 15.0 Å². The van der Waals surface area contributed by atoms with Gasteiger partial charge in [0.25, 0.3) is 5.91 Å². The molecule has 1 heterocycles. The molecule has 3 rings (SSSR count). The van der Waals surface area contributed by atoms with E-state index in [0.717, 1.165) is 43.7 Å². The molecule has 5 heteroatoms. The fraction of sp³-hybridized carbons (Fsp3) is 0.364. The molecule has 2 aromatic carbocycles. The third-order valence-electron chi connectivity index (χ3n) is 4.85. The molecule has 0 spiro atoms. The fourth-order valence-corrected chi connectivity index (χ4v) is 3.26. The van der Waals surface area contributed by atoms with Gasteiger partial charge in [-0.05, 0) is 67.6 Å². The second-order valence-electron chi connectivity index (χ2n) is 6.76. The third kappa shape index (κ3) is 5.09. The number of nitrogens with zero attached hydrogens (tertiary/aromatic N) is 1. The second kappa shape index (κ2) is 9.21. The van der Waals surface area contributed by atoms with Crippen molar-refractivity contribution in [3.8, 4) is 5.75 Å². The van der Waals surface area contributed by atoms with Crippen molar-refractivity contribution in [3.63, 3.8) is 0 Å². The van der Waals surface area contributed by atoms with Crippen LogP contribution in [-0.4, -0.2) is 32.0 Å². The average Bonchev–Trinajstić information content (AvgIpc) is 3.14. The number of benzene rings is 2. The maximum absolute atomic E-state index is 12.2. The SMILES string of the molecule is COc1ccc(CCCCNC(=O)c2ccc(N3CCCC3=O)cc2)cc1. The number of hydrogen-bond donors (Lipinski definition) is 1. The highest BCUT2D eigenvalue weighted by Gasteiger charge is 2.21. The van der Waals surface area contributed by atoms with E-state index in [1.807, 2.05) is 24.3 Å². The molecule has 1 aliphatic rings. The van der Waals surface area contributed by atoms with Gasteiger partial charge in [0, 0.05) is 30.8 Å². The lowest BCUT2D eigenvalue weighted by atomic mass is 10.1. The Bertz CT molecular complexity index is 769. The summed E-state index contributed by atoms with van der Waals surface area (Å²) in [5.41, 5.74) is 2.77. The summed E-state index contributed by atoms with van der Waals surface area (Å²) >= 11 is 0. The molecular formula is C22H26N2O3. The van der Waals surface area contributed by atoms with Gasteiger partial charge < -0.3 is 15.0 Å². The van der Waals surface area contributed by atoms with E-state index in [1.54, 1.807) is 24.1 Å². The van der Waals surface area contributed by atoms with Crippen molar-refractivity contribution in [2.75, 3.05) is 25.1 Å². The zero-order chi connectivity index (χ0) is 19.1. The Kier molecular flexibility index (Phi) is 6.47. The number of aryl methyl sites for hydroxylation is 1. The number of amides is 2. The van der Waals surface area contributed by atoms with Gasteiger partial charge in [0.1, 0.15) is 5.75 Å². The van der Waals surface area contributed by atoms with Crippen LogP contribution in [0.5, 0.6) is 5.75 Å². The Morgan fingerprint density at radius 1 is 1.07 bits per heavy atom. The summed E-state index contributed by atoms with van der Waals surface area (Å²) in [6, 6.07) is 15.4. The molecular weight excluding hydrogens is 340 g/mol. The van der Waals surface area contributed by atoms with Crippen LogP contribution in [0.25, 0.3) is 0 Å². The van der Waals surface area contributed by atoms with Crippen LogP contribution in [0.2, 0.25) is 0 Å². The Balaban J connectivity index is 1.39. The lowest BCUT2D eigenvalue weighted by Crippen LogP contribution is -2.25. The molecule has 142 valence electrons. The molecule has 5 nitrogen and oxygen atoms in total. The smallest absolute Gasteiger partial charge is 0.251 e. The molecule has 1 fully saturated rings. The first-order valence-electron chi connectivity index (χ1n) is 9.49. The maximum atomic E-state index is 12.2. The molecule has 0 bridgehead atoms. The van der Waals surface area contributed by atoms with Crippen molar-refractivity contribution in [1.29, 1.82) is 0 Å². The van der Waals surface area contributed by atoms with E-state index >= 15 is 0 Å². The first-order valence-corrected chi connectivity index (χ1v) is 9.49. The maximum Gasteiger partial charge on any atom is 0.251 e. The first kappa shape index (κ1) is 19.0. The molecule has 1 N–H and O–H groups in total. The van der Waals surface area contributed by atoms with Crippen molar-refractivity contribution >= 4 is 17.5 Å². The Morgan fingerprint density at radius 2 is 1.81 bits per heavy atom. The molecule has 0 unspecified atom stereocenters. The molecule has 2 amide bonds. The van der Waals surface area contributed by atoms with E-state index in [4.69, 9.17) is 4.74 Å². The van der Waals surface area contributed by atoms with Crippen molar-refractivity contribution in [2.45, 2.75) is 32.1 Å². The van der Waals surface area contributed by atoms with Gasteiger partial charge in [0.15, 0.2) is 0 Å². The van der Waals surface area contributed by atoms with Crippen molar-refractivity contribution < 1.29 is 14.3 Å². The van der Waals surface area contributed by atoms with Crippen molar-refractivity contribution in [3.05, 3.63) is 59.7 Å². The zero-order valence-corrected chi connectivity index (χ0v) is 15.7. The predicted octanol–water partition coefficient (Wildman–Crippen LogP) is 3.57. The van der Waals surface area contributed by atoms with Crippen LogP contribution >= 0.6 is 0 Å². The Hall–Kier alpha value is -2.82. The predicted molar refractivity (Wildman–Crippen MR) is 106 cm³/mol. The fourth-order valence-electron chi connectivity index (χ4n) is 3.26. The number of unbranched alkanes of at least 4 members (excludes halogenated alkanes) is 1. The highest BCUT2D eigenvalue weighted by Crippen LogP contribution is 2.21. The topological polar surface area (TPSA) is 58.6 Å². The molecule has 1 saturated heterocycles. The van der Waals surface area contributed by atoms with Crippen molar-refractivity contribution in [1.82, 2.24) is 5.32 Å². The summed E-state index contributed by atoms with van der Waals surface area (Å²) in [7, 11) is 1.66. The summed E-state index contributed by atoms with van der Waals surface area (Å²) < 4.78 is 5.16. The molecule has 1 aliphatic heterocycles. The molecule has 27 heavy (non-hydrogen) atoms. The van der Waals surface area contributed by atoms with Gasteiger partial charge in [-0.3, -0.25) is 9.59 Å². The highest BCUT2D eigenvalue weighted by atomic mass is 16.5. The van der Waals surface area contributed by atoms with E-state index in [0.29, 0.717) is 18.5 Å². The standard InChI is InChI=1S/C22H26N2O3/c1-27-20-13-7-17(8-14-20)5-2-3-15-23-22(26)18-9-11-19(12-10-18)24-16-4-6-21(24)25/h7-14H,2-6,15-16H2,1H3,(H,23,26). The Labute approximate surface area is 160 Å². The summed E-state index contributed by atoms with van der Waals surface area (Å²) in [6.07, 6.45) is 4.44. The van der Waals surface area contributed by atoms with Crippen LogP contribution in [0.3, 0.4) is 0 Å². The van der Waals surface area contributed by atoms with Crippen molar-refractivity contribution in [2.24, 2.45) is 0 Å². The van der Waals surface area contributed by atoms with Crippen LogP contribution in [0.15, 0.2) is 48.5 Å². The minimum absolute atomic E-state index is 0.0706. The highest BCUT2D eigenvalue weighted by molar-refractivity contribution is 5.97. The van der Waals surface area contributed by atoms with Gasteiger partial charge in [-0.1, -0.05) is 12.1 Å². The summed E-state index contributed by atoms with van der Waals surface area (Å²) in [5, 5.41) is 2.96. The summed E-state index contributed by atoms with van der Waals surface area (Å²) in [4.78, 5) is 25.8. The number of rotatable bonds is 8. The van der Waals surface area contributed by atoms with E-state index in [-0.39, 0.29) is 11.8 Å². The Morgan fingerprint density at radius 3 is 2.44 bits per heavy atom. The summed E-state index contributed by atoms with van der Waals surface area (Å²) in [6.45, 7) is 1.42. The van der Waals surface area contributed by atoms with E-state index in [1.165, 1.54) is 5.56 Å². The van der Waals surface area contributed by atoms with Crippen LogP contribution in [0, 0.1) is 0 Å². The number of carbonyl (C=O) groups excluding carboxylic acids is 2. The van der Waals surface area contributed by atoms with Gasteiger partial charge in [-0.2, -0.15) is 0 Å². The lowest BCUT2D eigenvalue weighted by molar-refractivity contribution is -0.117. The van der Waals surface area contributed by atoms with Gasteiger partial charge >= 0.3 is 0 Å². The van der Waals surface area contributed by atoms with Crippen LogP contribution in [-0.2, 0) is 11.2 Å². The van der Waals surface area contributed by atoms with Gasteiger partial charge in [-0.25, -0.2) is 0 Å². The number of carbonyl (C=O) groups is 2. The number of methoxy groups -OCH3 is 1. The number of ether oxygens (including phenoxy) is 1. The average molecular weight is 366 g/mol.